The van der Waals surface area contributed by atoms with Crippen LogP contribution in [0.15, 0.2) is 12.2 Å². The highest BCUT2D eigenvalue weighted by Gasteiger charge is 2.36. The fraction of sp³-hybridized carbons (Fsp3) is 0.870. The number of unbranched alkanes of at least 4 members (excludes halogenated alkanes) is 11. The Bertz CT molecular complexity index is 492. The van der Waals surface area contributed by atoms with Crippen LogP contribution >= 0.6 is 7.60 Å². The fourth-order valence-electron chi connectivity index (χ4n) is 3.49. The van der Waals surface area contributed by atoms with Crippen molar-refractivity contribution in [1.29, 1.82) is 0 Å². The summed E-state index contributed by atoms with van der Waals surface area (Å²) in [6.07, 6.45) is 21.6. The molecule has 2 atom stereocenters. The molecule has 1 rings (SSSR count). The predicted molar refractivity (Wildman–Crippen MR) is 119 cm³/mol. The van der Waals surface area contributed by atoms with Gasteiger partial charge in [0.15, 0.2) is 0 Å². The van der Waals surface area contributed by atoms with Crippen molar-refractivity contribution < 1.29 is 23.1 Å². The van der Waals surface area contributed by atoms with Gasteiger partial charge in [0.25, 0.3) is 0 Å². The number of carbonyl (C=O) groups excluding carboxylic acids is 1. The molecule has 1 unspecified atom stereocenters. The van der Waals surface area contributed by atoms with E-state index in [9.17, 15) is 9.36 Å². The van der Waals surface area contributed by atoms with Crippen molar-refractivity contribution in [3.8, 4) is 0 Å². The molecule has 6 heteroatoms. The van der Waals surface area contributed by atoms with Crippen LogP contribution in [0, 0.1) is 5.92 Å². The number of esters is 1. The lowest BCUT2D eigenvalue weighted by atomic mass is 10.1. The fourth-order valence-corrected chi connectivity index (χ4v) is 5.13. The minimum atomic E-state index is -2.92. The molecule has 1 aliphatic heterocycles. The van der Waals surface area contributed by atoms with Gasteiger partial charge in [0.05, 0.1) is 19.4 Å². The van der Waals surface area contributed by atoms with Gasteiger partial charge in [-0.1, -0.05) is 70.4 Å². The third kappa shape index (κ3) is 14.1. The monoisotopic (exact) mass is 430 g/mol. The van der Waals surface area contributed by atoms with Crippen LogP contribution in [0.4, 0.5) is 0 Å². The number of ether oxygens (including phenoxy) is 1. The van der Waals surface area contributed by atoms with E-state index in [0.717, 1.165) is 12.8 Å². The molecule has 0 aromatic rings. The third-order valence-electron chi connectivity index (χ3n) is 5.39. The summed E-state index contributed by atoms with van der Waals surface area (Å²) in [6.45, 7) is 2.87. The Hall–Kier alpha value is -0.640. The maximum Gasteiger partial charge on any atom is 0.330 e. The molecule has 0 saturated carbocycles. The highest BCUT2D eigenvalue weighted by Crippen LogP contribution is 2.53. The Kier molecular flexibility index (Phi) is 15.5. The van der Waals surface area contributed by atoms with Crippen LogP contribution in [0.3, 0.4) is 0 Å². The second kappa shape index (κ2) is 17.1. The van der Waals surface area contributed by atoms with E-state index in [0.29, 0.717) is 19.2 Å². The first kappa shape index (κ1) is 26.4. The van der Waals surface area contributed by atoms with Gasteiger partial charge in [-0.05, 0) is 32.1 Å². The van der Waals surface area contributed by atoms with Crippen molar-refractivity contribution in [1.82, 2.24) is 0 Å². The van der Waals surface area contributed by atoms with Gasteiger partial charge in [0.2, 0.25) is 0 Å². The van der Waals surface area contributed by atoms with E-state index < -0.39 is 7.60 Å². The van der Waals surface area contributed by atoms with Crippen molar-refractivity contribution in [3.63, 3.8) is 0 Å². The van der Waals surface area contributed by atoms with Crippen molar-refractivity contribution in [3.05, 3.63) is 12.2 Å². The van der Waals surface area contributed by atoms with Gasteiger partial charge in [-0.25, -0.2) is 0 Å². The molecule has 1 aliphatic rings. The molecular weight excluding hydrogens is 387 g/mol. The molecule has 170 valence electrons. The number of carbonyl (C=O) groups is 1. The van der Waals surface area contributed by atoms with E-state index in [1.807, 2.05) is 0 Å². The number of allylic oxidation sites excluding steroid dienone is 2. The Morgan fingerprint density at radius 3 is 2.14 bits per heavy atom. The van der Waals surface area contributed by atoms with E-state index in [-0.39, 0.29) is 18.5 Å². The summed E-state index contributed by atoms with van der Waals surface area (Å²) in [5.41, 5.74) is 0. The van der Waals surface area contributed by atoms with Crippen LogP contribution in [-0.4, -0.2) is 32.5 Å². The Morgan fingerprint density at radius 2 is 1.55 bits per heavy atom. The maximum atomic E-state index is 11.9. The summed E-state index contributed by atoms with van der Waals surface area (Å²) < 4.78 is 27.2. The lowest BCUT2D eigenvalue weighted by Gasteiger charge is -2.09. The summed E-state index contributed by atoms with van der Waals surface area (Å²) in [7, 11) is -1.53. The second-order valence-corrected chi connectivity index (χ2v) is 10.4. The van der Waals surface area contributed by atoms with Crippen LogP contribution in [0.2, 0.25) is 0 Å². The molecule has 0 radical (unpaired) electrons. The molecule has 0 spiro atoms. The maximum absolute atomic E-state index is 11.9. The van der Waals surface area contributed by atoms with Crippen molar-refractivity contribution >= 4 is 13.6 Å². The molecule has 1 fully saturated rings. The normalized spacial score (nSPS) is 21.8. The number of hydrogen-bond acceptors (Lipinski definition) is 5. The van der Waals surface area contributed by atoms with Crippen LogP contribution in [0.5, 0.6) is 0 Å². The lowest BCUT2D eigenvalue weighted by Crippen LogP contribution is -2.16. The zero-order valence-electron chi connectivity index (χ0n) is 18.7. The van der Waals surface area contributed by atoms with Crippen LogP contribution < -0.4 is 0 Å². The average Bonchev–Trinajstić information content (AvgIpc) is 3.11. The van der Waals surface area contributed by atoms with E-state index in [1.165, 1.54) is 77.7 Å². The number of rotatable bonds is 18. The van der Waals surface area contributed by atoms with Crippen molar-refractivity contribution in [2.45, 2.75) is 96.8 Å². The smallest absolute Gasteiger partial charge is 0.330 e. The highest BCUT2D eigenvalue weighted by molar-refractivity contribution is 7.54. The zero-order valence-corrected chi connectivity index (χ0v) is 19.6. The standard InChI is InChI=1S/C23H43O5P/c1-3-4-5-6-7-8-9-10-11-12-13-14-15-16-17-18-23(24)27-19-22-20-28-29(25,21-22)26-2/h10-11,22H,3-9,12-21H2,1-2H3/b11-10-/t22-,29?/m1/s1. The third-order valence-corrected chi connectivity index (χ3v) is 7.45. The summed E-state index contributed by atoms with van der Waals surface area (Å²) >= 11 is 0. The molecule has 1 heterocycles. The molecule has 1 saturated heterocycles. The van der Waals surface area contributed by atoms with Crippen LogP contribution in [-0.2, 0) is 23.1 Å². The summed E-state index contributed by atoms with van der Waals surface area (Å²) in [5, 5.41) is 0. The quantitative estimate of drug-likeness (QED) is 0.101. The Labute approximate surface area is 178 Å². The first-order valence-corrected chi connectivity index (χ1v) is 13.4. The van der Waals surface area contributed by atoms with Crippen LogP contribution in [0.1, 0.15) is 96.8 Å². The first-order valence-electron chi connectivity index (χ1n) is 11.7. The van der Waals surface area contributed by atoms with Gasteiger partial charge in [0, 0.05) is 19.4 Å². The minimum Gasteiger partial charge on any atom is -0.465 e. The van der Waals surface area contributed by atoms with E-state index in [1.54, 1.807) is 0 Å². The molecular formula is C23H43O5P. The SMILES string of the molecule is CCCCCCCC/C=C\CCCCCCCC(=O)OC[C@@H]1COP(=O)(OC)C1. The lowest BCUT2D eigenvalue weighted by molar-refractivity contribution is -0.145. The molecule has 0 aromatic carbocycles. The van der Waals surface area contributed by atoms with E-state index in [2.05, 4.69) is 19.1 Å². The molecule has 0 N–H and O–H groups in total. The van der Waals surface area contributed by atoms with Gasteiger partial charge in [0.1, 0.15) is 0 Å². The first-order chi connectivity index (χ1) is 14.1. The molecule has 0 aliphatic carbocycles. The van der Waals surface area contributed by atoms with Gasteiger partial charge in [-0.2, -0.15) is 0 Å². The molecule has 5 nitrogen and oxygen atoms in total. The van der Waals surface area contributed by atoms with Gasteiger partial charge < -0.3 is 13.8 Å². The molecule has 0 aromatic heterocycles. The van der Waals surface area contributed by atoms with Crippen molar-refractivity contribution in [2.24, 2.45) is 5.92 Å². The Balaban J connectivity index is 1.84. The predicted octanol–water partition coefficient (Wildman–Crippen LogP) is 7.05. The summed E-state index contributed by atoms with van der Waals surface area (Å²) in [5.74, 6) is -0.180. The highest BCUT2D eigenvalue weighted by atomic mass is 31.2. The summed E-state index contributed by atoms with van der Waals surface area (Å²) in [6, 6.07) is 0. The van der Waals surface area contributed by atoms with Gasteiger partial charge >= 0.3 is 13.6 Å². The van der Waals surface area contributed by atoms with Crippen molar-refractivity contribution in [2.75, 3.05) is 26.5 Å². The molecule has 29 heavy (non-hydrogen) atoms. The van der Waals surface area contributed by atoms with E-state index >= 15 is 0 Å². The zero-order chi connectivity index (χ0) is 21.2. The molecule has 0 amide bonds. The topological polar surface area (TPSA) is 61.8 Å². The van der Waals surface area contributed by atoms with E-state index in [4.69, 9.17) is 13.8 Å². The van der Waals surface area contributed by atoms with Crippen LogP contribution in [0.25, 0.3) is 0 Å². The minimum absolute atomic E-state index is 0.0150. The summed E-state index contributed by atoms with van der Waals surface area (Å²) in [4.78, 5) is 11.8. The molecule has 0 bridgehead atoms. The Morgan fingerprint density at radius 1 is 0.966 bits per heavy atom. The van der Waals surface area contributed by atoms with Gasteiger partial charge in [-0.3, -0.25) is 9.36 Å². The average molecular weight is 431 g/mol. The second-order valence-electron chi connectivity index (χ2n) is 8.16. The van der Waals surface area contributed by atoms with Gasteiger partial charge in [-0.15, -0.1) is 0 Å². The largest absolute Gasteiger partial charge is 0.465 e. The number of hydrogen-bond donors (Lipinski definition) is 0.